The molecule has 0 unspecified atom stereocenters. The van der Waals surface area contributed by atoms with Gasteiger partial charge in [-0.3, -0.25) is 4.79 Å². The Morgan fingerprint density at radius 2 is 1.91 bits per heavy atom. The molecule has 0 amide bonds. The van der Waals surface area contributed by atoms with Crippen LogP contribution < -0.4 is 10.5 Å². The predicted octanol–water partition coefficient (Wildman–Crippen LogP) is 3.27. The molecule has 0 radical (unpaired) electrons. The number of halogens is 1. The summed E-state index contributed by atoms with van der Waals surface area (Å²) in [5.41, 5.74) is 1.75. The number of para-hydroxylation sites is 1. The third kappa shape index (κ3) is 2.31. The summed E-state index contributed by atoms with van der Waals surface area (Å²) in [5, 5.41) is 4.61. The number of aromatic nitrogens is 2. The maximum atomic E-state index is 12.6. The van der Waals surface area contributed by atoms with Crippen LogP contribution in [-0.4, -0.2) is 22.9 Å². The highest BCUT2D eigenvalue weighted by Crippen LogP contribution is 2.52. The summed E-state index contributed by atoms with van der Waals surface area (Å²) in [5.74, 6) is 0. The number of benzene rings is 1. The van der Waals surface area contributed by atoms with E-state index in [9.17, 15) is 4.79 Å². The predicted molar refractivity (Wildman–Crippen MR) is 88.0 cm³/mol. The van der Waals surface area contributed by atoms with Gasteiger partial charge in [0.2, 0.25) is 0 Å². The first kappa shape index (κ1) is 13.8. The molecule has 2 aliphatic rings. The van der Waals surface area contributed by atoms with E-state index >= 15 is 0 Å². The third-order valence-corrected chi connectivity index (χ3v) is 5.22. The van der Waals surface area contributed by atoms with Gasteiger partial charge in [-0.2, -0.15) is 9.78 Å². The van der Waals surface area contributed by atoms with Gasteiger partial charge < -0.3 is 4.90 Å². The van der Waals surface area contributed by atoms with E-state index in [4.69, 9.17) is 11.6 Å². The molecule has 0 bridgehead atoms. The zero-order valence-electron chi connectivity index (χ0n) is 12.3. The summed E-state index contributed by atoms with van der Waals surface area (Å²) in [6, 6.07) is 9.38. The number of nitrogens with zero attached hydrogens (tertiary/aromatic N) is 3. The number of piperidine rings is 1. The smallest absolute Gasteiger partial charge is 0.292 e. The molecule has 1 saturated heterocycles. The van der Waals surface area contributed by atoms with Gasteiger partial charge in [-0.25, -0.2) is 0 Å². The molecular formula is C17H18ClN3O. The molecule has 2 heterocycles. The molecule has 5 heteroatoms. The number of anilines is 1. The van der Waals surface area contributed by atoms with Crippen LogP contribution in [0.1, 0.15) is 25.7 Å². The molecule has 4 rings (SSSR count). The third-order valence-electron chi connectivity index (χ3n) is 4.86. The van der Waals surface area contributed by atoms with Crippen LogP contribution >= 0.6 is 11.6 Å². The molecular weight excluding hydrogens is 298 g/mol. The van der Waals surface area contributed by atoms with Gasteiger partial charge in [0, 0.05) is 13.1 Å². The van der Waals surface area contributed by atoms with E-state index in [1.165, 1.54) is 23.9 Å². The van der Waals surface area contributed by atoms with E-state index < -0.39 is 0 Å². The second-order valence-electron chi connectivity index (χ2n) is 6.42. The van der Waals surface area contributed by atoms with Crippen molar-refractivity contribution < 1.29 is 0 Å². The van der Waals surface area contributed by atoms with Gasteiger partial charge >= 0.3 is 0 Å². The standard InChI is InChI=1S/C17H18ClN3O/c18-15-14(20-10-4-7-17(12-20)8-9-17)11-19-21(16(15)22)13-5-2-1-3-6-13/h1-3,5-6,11H,4,7-10,12H2. The van der Waals surface area contributed by atoms with E-state index in [1.54, 1.807) is 6.20 Å². The van der Waals surface area contributed by atoms with Crippen molar-refractivity contribution >= 4 is 17.3 Å². The van der Waals surface area contributed by atoms with Gasteiger partial charge in [0.25, 0.3) is 5.56 Å². The molecule has 22 heavy (non-hydrogen) atoms. The molecule has 1 aromatic carbocycles. The first-order valence-electron chi connectivity index (χ1n) is 7.77. The van der Waals surface area contributed by atoms with Crippen molar-refractivity contribution in [3.63, 3.8) is 0 Å². The highest BCUT2D eigenvalue weighted by molar-refractivity contribution is 6.33. The largest absolute Gasteiger partial charge is 0.368 e. The van der Waals surface area contributed by atoms with Crippen LogP contribution in [0.2, 0.25) is 5.02 Å². The minimum atomic E-state index is -0.249. The van der Waals surface area contributed by atoms with E-state index in [-0.39, 0.29) is 10.6 Å². The Morgan fingerprint density at radius 3 is 2.64 bits per heavy atom. The van der Waals surface area contributed by atoms with Crippen molar-refractivity contribution in [2.75, 3.05) is 18.0 Å². The van der Waals surface area contributed by atoms with Crippen molar-refractivity contribution in [2.45, 2.75) is 25.7 Å². The summed E-state index contributed by atoms with van der Waals surface area (Å²) in [6.07, 6.45) is 6.80. The lowest BCUT2D eigenvalue weighted by molar-refractivity contribution is 0.395. The van der Waals surface area contributed by atoms with Crippen LogP contribution in [-0.2, 0) is 0 Å². The molecule has 1 spiro atoms. The molecule has 2 fully saturated rings. The molecule has 1 aliphatic heterocycles. The molecule has 0 N–H and O–H groups in total. The zero-order chi connectivity index (χ0) is 15.2. The first-order chi connectivity index (χ1) is 10.7. The van der Waals surface area contributed by atoms with Gasteiger partial charge in [-0.1, -0.05) is 29.8 Å². The van der Waals surface area contributed by atoms with Crippen LogP contribution in [0, 0.1) is 5.41 Å². The molecule has 1 saturated carbocycles. The van der Waals surface area contributed by atoms with E-state index in [2.05, 4.69) is 10.00 Å². The van der Waals surface area contributed by atoms with Crippen molar-refractivity contribution in [1.29, 1.82) is 0 Å². The maximum absolute atomic E-state index is 12.6. The van der Waals surface area contributed by atoms with Crippen LogP contribution in [0.5, 0.6) is 0 Å². The topological polar surface area (TPSA) is 38.1 Å². The Bertz CT molecular complexity index is 752. The Labute approximate surface area is 134 Å². The quantitative estimate of drug-likeness (QED) is 0.853. The Balaban J connectivity index is 1.70. The first-order valence-corrected chi connectivity index (χ1v) is 8.15. The second-order valence-corrected chi connectivity index (χ2v) is 6.80. The Morgan fingerprint density at radius 1 is 1.14 bits per heavy atom. The van der Waals surface area contributed by atoms with Gasteiger partial charge in [0.15, 0.2) is 0 Å². The second kappa shape index (κ2) is 5.13. The van der Waals surface area contributed by atoms with Gasteiger partial charge in [-0.15, -0.1) is 0 Å². The van der Waals surface area contributed by atoms with Gasteiger partial charge in [0.05, 0.1) is 17.6 Å². The zero-order valence-corrected chi connectivity index (χ0v) is 13.1. The fourth-order valence-corrected chi connectivity index (χ4v) is 3.64. The molecule has 1 aromatic heterocycles. The van der Waals surface area contributed by atoms with Crippen LogP contribution in [0.25, 0.3) is 5.69 Å². The lowest BCUT2D eigenvalue weighted by Gasteiger charge is -2.34. The summed E-state index contributed by atoms with van der Waals surface area (Å²) < 4.78 is 1.36. The van der Waals surface area contributed by atoms with E-state index in [0.29, 0.717) is 5.41 Å². The minimum absolute atomic E-state index is 0.249. The van der Waals surface area contributed by atoms with Crippen LogP contribution in [0.15, 0.2) is 41.3 Å². The van der Waals surface area contributed by atoms with Crippen LogP contribution in [0.4, 0.5) is 5.69 Å². The van der Waals surface area contributed by atoms with Crippen LogP contribution in [0.3, 0.4) is 0 Å². The molecule has 0 atom stereocenters. The van der Waals surface area contributed by atoms with Gasteiger partial charge in [0.1, 0.15) is 5.02 Å². The van der Waals surface area contributed by atoms with Crippen molar-refractivity contribution in [3.05, 3.63) is 51.9 Å². The highest BCUT2D eigenvalue weighted by atomic mass is 35.5. The molecule has 114 valence electrons. The average Bonchev–Trinajstić information content (AvgIpc) is 3.29. The molecule has 2 aromatic rings. The van der Waals surface area contributed by atoms with E-state index in [0.717, 1.165) is 30.9 Å². The summed E-state index contributed by atoms with van der Waals surface area (Å²) in [7, 11) is 0. The van der Waals surface area contributed by atoms with E-state index in [1.807, 2.05) is 30.3 Å². The summed E-state index contributed by atoms with van der Waals surface area (Å²) in [6.45, 7) is 1.96. The molecule has 1 aliphatic carbocycles. The average molecular weight is 316 g/mol. The fraction of sp³-hybridized carbons (Fsp3) is 0.412. The normalized spacial score (nSPS) is 19.4. The van der Waals surface area contributed by atoms with Gasteiger partial charge in [-0.05, 0) is 43.2 Å². The lowest BCUT2D eigenvalue weighted by atomic mass is 9.95. The lowest BCUT2D eigenvalue weighted by Crippen LogP contribution is -2.38. The number of hydrogen-bond acceptors (Lipinski definition) is 3. The number of hydrogen-bond donors (Lipinski definition) is 0. The van der Waals surface area contributed by atoms with Crippen molar-refractivity contribution in [1.82, 2.24) is 9.78 Å². The Kier molecular flexibility index (Phi) is 3.22. The molecule has 4 nitrogen and oxygen atoms in total. The number of rotatable bonds is 2. The van der Waals surface area contributed by atoms with Crippen molar-refractivity contribution in [3.8, 4) is 5.69 Å². The minimum Gasteiger partial charge on any atom is -0.368 e. The highest BCUT2D eigenvalue weighted by Gasteiger charge is 2.45. The fourth-order valence-electron chi connectivity index (χ4n) is 3.40. The summed E-state index contributed by atoms with van der Waals surface area (Å²) in [4.78, 5) is 14.8. The maximum Gasteiger partial charge on any atom is 0.292 e. The summed E-state index contributed by atoms with van der Waals surface area (Å²) >= 11 is 6.38. The SMILES string of the molecule is O=c1c(Cl)c(N2CCCC3(CC3)C2)cnn1-c1ccccc1. The Hall–Kier alpha value is -1.81. The van der Waals surface area contributed by atoms with Crippen molar-refractivity contribution in [2.24, 2.45) is 5.41 Å². The monoisotopic (exact) mass is 315 g/mol.